The predicted molar refractivity (Wildman–Crippen MR) is 212 cm³/mol. The van der Waals surface area contributed by atoms with E-state index in [2.05, 4.69) is 181 Å². The number of hydrogen-bond donors (Lipinski definition) is 0. The van der Waals surface area contributed by atoms with Crippen molar-refractivity contribution in [2.45, 2.75) is 0 Å². The normalized spacial score (nSPS) is 11.6. The van der Waals surface area contributed by atoms with Crippen molar-refractivity contribution in [3.63, 3.8) is 0 Å². The van der Waals surface area contributed by atoms with Crippen molar-refractivity contribution in [1.29, 1.82) is 0 Å². The molecule has 234 valence electrons. The van der Waals surface area contributed by atoms with Gasteiger partial charge < -0.3 is 9.32 Å². The smallest absolute Gasteiger partial charge is 0.137 e. The highest BCUT2D eigenvalue weighted by Gasteiger charge is 2.19. The van der Waals surface area contributed by atoms with E-state index in [-0.39, 0.29) is 0 Å². The fourth-order valence-electron chi connectivity index (χ4n) is 7.61. The average Bonchev–Trinajstić information content (AvgIpc) is 3.58. The Labute approximate surface area is 290 Å². The Morgan fingerprint density at radius 1 is 0.320 bits per heavy atom. The van der Waals surface area contributed by atoms with Crippen molar-refractivity contribution in [3.05, 3.63) is 188 Å². The first-order valence-corrected chi connectivity index (χ1v) is 17.1. The van der Waals surface area contributed by atoms with E-state index in [9.17, 15) is 0 Å². The van der Waals surface area contributed by atoms with Crippen LogP contribution < -0.4 is 4.90 Å². The largest absolute Gasteiger partial charge is 0.456 e. The van der Waals surface area contributed by atoms with Gasteiger partial charge in [0.15, 0.2) is 0 Å². The summed E-state index contributed by atoms with van der Waals surface area (Å²) in [5.74, 6) is 0. The minimum atomic E-state index is 0.877. The van der Waals surface area contributed by atoms with E-state index in [4.69, 9.17) is 4.42 Å². The summed E-state index contributed by atoms with van der Waals surface area (Å²) in [6.45, 7) is 0. The second-order valence-electron chi connectivity index (χ2n) is 12.9. The quantitative estimate of drug-likeness (QED) is 0.175. The van der Waals surface area contributed by atoms with Gasteiger partial charge in [0.1, 0.15) is 11.2 Å². The van der Waals surface area contributed by atoms with Crippen molar-refractivity contribution < 1.29 is 4.42 Å². The highest BCUT2D eigenvalue weighted by molar-refractivity contribution is 6.20. The zero-order valence-corrected chi connectivity index (χ0v) is 27.3. The third kappa shape index (κ3) is 4.65. The lowest BCUT2D eigenvalue weighted by Crippen LogP contribution is -2.10. The Bertz CT molecular complexity index is 2840. The molecule has 0 saturated heterocycles. The molecule has 0 bridgehead atoms. The summed E-state index contributed by atoms with van der Waals surface area (Å²) in [4.78, 5) is 2.35. The molecule has 0 radical (unpaired) electrons. The van der Waals surface area contributed by atoms with Crippen LogP contribution in [0.25, 0.3) is 76.5 Å². The number of para-hydroxylation sites is 1. The molecule has 1 heterocycles. The Balaban J connectivity index is 1.12. The first kappa shape index (κ1) is 28.4. The van der Waals surface area contributed by atoms with E-state index in [0.717, 1.165) is 39.0 Å². The summed E-state index contributed by atoms with van der Waals surface area (Å²) in [6, 6.07) is 67.5. The molecule has 0 fully saturated rings. The molecule has 10 rings (SSSR count). The standard InChI is InChI=1S/C48H31NO/c1-2-9-32(10-3-1)33-23-27-39(28-24-33)49(44-14-8-16-46-48(44)42-13-6-7-15-45(42)50-46)40-29-25-34(26-30-40)38-22-19-36-18-21-37-20-17-35-11-4-5-12-41(35)47(37)43(36)31-38/h1-31H. The van der Waals surface area contributed by atoms with Crippen LogP contribution in [0.3, 0.4) is 0 Å². The zero-order valence-electron chi connectivity index (χ0n) is 27.3. The van der Waals surface area contributed by atoms with E-state index in [1.54, 1.807) is 0 Å². The van der Waals surface area contributed by atoms with Gasteiger partial charge >= 0.3 is 0 Å². The number of anilines is 3. The Kier molecular flexibility index (Phi) is 6.53. The minimum Gasteiger partial charge on any atom is -0.456 e. The van der Waals surface area contributed by atoms with Crippen molar-refractivity contribution in [1.82, 2.24) is 0 Å². The van der Waals surface area contributed by atoms with Gasteiger partial charge in [-0.15, -0.1) is 0 Å². The Hall–Kier alpha value is -6.64. The molecule has 0 aliphatic heterocycles. The number of fused-ring (bicyclic) bond motifs is 8. The van der Waals surface area contributed by atoms with Gasteiger partial charge in [-0.3, -0.25) is 0 Å². The molecular formula is C48H31NO. The van der Waals surface area contributed by atoms with Crippen molar-refractivity contribution >= 4 is 71.3 Å². The van der Waals surface area contributed by atoms with Crippen molar-refractivity contribution in [2.75, 3.05) is 4.90 Å². The lowest BCUT2D eigenvalue weighted by Gasteiger charge is -2.26. The van der Waals surface area contributed by atoms with Gasteiger partial charge in [-0.25, -0.2) is 0 Å². The molecule has 0 unspecified atom stereocenters. The monoisotopic (exact) mass is 637 g/mol. The fraction of sp³-hybridized carbons (Fsp3) is 0. The molecule has 2 nitrogen and oxygen atoms in total. The summed E-state index contributed by atoms with van der Waals surface area (Å²) in [6.07, 6.45) is 0. The van der Waals surface area contributed by atoms with Crippen LogP contribution in [0.1, 0.15) is 0 Å². The SMILES string of the molecule is c1ccc(-c2ccc(N(c3ccc(-c4ccc5ccc6ccc7ccccc7c6c5c4)cc3)c3cccc4oc5ccccc5c34)cc2)cc1. The van der Waals surface area contributed by atoms with E-state index in [0.29, 0.717) is 0 Å². The maximum absolute atomic E-state index is 6.33. The summed E-state index contributed by atoms with van der Waals surface area (Å²) in [7, 11) is 0. The molecule has 0 atom stereocenters. The average molecular weight is 638 g/mol. The van der Waals surface area contributed by atoms with E-state index in [1.165, 1.54) is 54.6 Å². The van der Waals surface area contributed by atoms with Gasteiger partial charge in [0.2, 0.25) is 0 Å². The van der Waals surface area contributed by atoms with Crippen molar-refractivity contribution in [2.24, 2.45) is 0 Å². The summed E-state index contributed by atoms with van der Waals surface area (Å²) >= 11 is 0. The van der Waals surface area contributed by atoms with Crippen LogP contribution >= 0.6 is 0 Å². The maximum atomic E-state index is 6.33. The van der Waals surface area contributed by atoms with Crippen LogP contribution in [0.4, 0.5) is 17.1 Å². The van der Waals surface area contributed by atoms with E-state index >= 15 is 0 Å². The Morgan fingerprint density at radius 2 is 0.860 bits per heavy atom. The maximum Gasteiger partial charge on any atom is 0.137 e. The number of benzene rings is 9. The lowest BCUT2D eigenvalue weighted by atomic mass is 9.94. The molecule has 50 heavy (non-hydrogen) atoms. The van der Waals surface area contributed by atoms with E-state index < -0.39 is 0 Å². The lowest BCUT2D eigenvalue weighted by molar-refractivity contribution is 0.669. The van der Waals surface area contributed by atoms with Crippen molar-refractivity contribution in [3.8, 4) is 22.3 Å². The summed E-state index contributed by atoms with van der Waals surface area (Å²) in [5.41, 5.74) is 9.78. The summed E-state index contributed by atoms with van der Waals surface area (Å²) in [5, 5.41) is 9.87. The van der Waals surface area contributed by atoms with Crippen LogP contribution in [0.15, 0.2) is 192 Å². The molecule has 10 aromatic rings. The topological polar surface area (TPSA) is 16.4 Å². The fourth-order valence-corrected chi connectivity index (χ4v) is 7.61. The van der Waals surface area contributed by atoms with Gasteiger partial charge in [-0.05, 0) is 103 Å². The van der Waals surface area contributed by atoms with Gasteiger partial charge in [-0.2, -0.15) is 0 Å². The highest BCUT2D eigenvalue weighted by atomic mass is 16.3. The second kappa shape index (κ2) is 11.5. The van der Waals surface area contributed by atoms with Crippen LogP contribution in [-0.2, 0) is 0 Å². The summed E-state index contributed by atoms with van der Waals surface area (Å²) < 4.78 is 6.33. The van der Waals surface area contributed by atoms with Crippen LogP contribution in [0.5, 0.6) is 0 Å². The molecule has 0 N–H and O–H groups in total. The molecular weight excluding hydrogens is 607 g/mol. The molecule has 0 amide bonds. The van der Waals surface area contributed by atoms with E-state index in [1.807, 2.05) is 12.1 Å². The molecule has 1 aromatic heterocycles. The van der Waals surface area contributed by atoms with Gasteiger partial charge in [-0.1, -0.05) is 140 Å². The molecule has 0 saturated carbocycles. The zero-order chi connectivity index (χ0) is 33.0. The van der Waals surface area contributed by atoms with Gasteiger partial charge in [0, 0.05) is 16.8 Å². The number of hydrogen-bond acceptors (Lipinski definition) is 2. The molecule has 9 aromatic carbocycles. The molecule has 0 spiro atoms. The highest BCUT2D eigenvalue weighted by Crippen LogP contribution is 2.44. The third-order valence-electron chi connectivity index (χ3n) is 10.0. The third-order valence-corrected chi connectivity index (χ3v) is 10.0. The number of rotatable bonds is 5. The molecule has 0 aliphatic rings. The first-order chi connectivity index (χ1) is 24.8. The first-order valence-electron chi connectivity index (χ1n) is 17.1. The van der Waals surface area contributed by atoms with Gasteiger partial charge in [0.05, 0.1) is 11.1 Å². The van der Waals surface area contributed by atoms with Crippen LogP contribution in [0, 0.1) is 0 Å². The second-order valence-corrected chi connectivity index (χ2v) is 12.9. The van der Waals surface area contributed by atoms with Crippen LogP contribution in [-0.4, -0.2) is 0 Å². The van der Waals surface area contributed by atoms with Gasteiger partial charge in [0.25, 0.3) is 0 Å². The minimum absolute atomic E-state index is 0.877. The number of nitrogens with zero attached hydrogens (tertiary/aromatic N) is 1. The molecule has 0 aliphatic carbocycles. The Morgan fingerprint density at radius 3 is 1.62 bits per heavy atom. The number of furan rings is 1. The van der Waals surface area contributed by atoms with Crippen LogP contribution in [0.2, 0.25) is 0 Å². The molecule has 2 heteroatoms. The predicted octanol–water partition coefficient (Wildman–Crippen LogP) is 13.8.